The van der Waals surface area contributed by atoms with E-state index in [2.05, 4.69) is 5.32 Å². The third kappa shape index (κ3) is 2.67. The molecule has 1 aromatic carbocycles. The Morgan fingerprint density at radius 3 is 2.65 bits per heavy atom. The Bertz CT molecular complexity index is 428. The molecule has 0 saturated heterocycles. The quantitative estimate of drug-likeness (QED) is 0.824. The van der Waals surface area contributed by atoms with Crippen LogP contribution in [0, 0.1) is 19.8 Å². The van der Waals surface area contributed by atoms with Crippen LogP contribution in [0.25, 0.3) is 0 Å². The van der Waals surface area contributed by atoms with Crippen LogP contribution in [0.15, 0.2) is 18.2 Å². The monoisotopic (exact) mass is 233 g/mol. The summed E-state index contributed by atoms with van der Waals surface area (Å²) in [6.07, 6.45) is 2.00. The van der Waals surface area contributed by atoms with Crippen molar-refractivity contribution in [3.05, 3.63) is 29.3 Å². The summed E-state index contributed by atoms with van der Waals surface area (Å²) in [5, 5.41) is 12.6. The molecule has 1 fully saturated rings. The summed E-state index contributed by atoms with van der Waals surface area (Å²) >= 11 is 0. The van der Waals surface area contributed by atoms with Crippen LogP contribution in [0.5, 0.6) is 0 Å². The zero-order valence-electron chi connectivity index (χ0n) is 10.4. The lowest BCUT2D eigenvalue weighted by Gasteiger charge is -2.15. The summed E-state index contributed by atoms with van der Waals surface area (Å²) in [6.45, 7) is 4.07. The molecule has 3 nitrogen and oxygen atoms in total. The summed E-state index contributed by atoms with van der Waals surface area (Å²) in [4.78, 5) is 12.0. The molecule has 2 unspecified atom stereocenters. The van der Waals surface area contributed by atoms with E-state index in [1.807, 2.05) is 32.0 Å². The number of amides is 1. The first-order valence-electron chi connectivity index (χ1n) is 6.14. The van der Waals surface area contributed by atoms with Crippen LogP contribution in [0.2, 0.25) is 0 Å². The second-order valence-corrected chi connectivity index (χ2v) is 4.89. The third-order valence-corrected chi connectivity index (χ3v) is 3.59. The first-order valence-corrected chi connectivity index (χ1v) is 6.14. The van der Waals surface area contributed by atoms with E-state index in [1.54, 1.807) is 0 Å². The molecule has 0 bridgehead atoms. The zero-order chi connectivity index (χ0) is 12.4. The topological polar surface area (TPSA) is 49.3 Å². The molecule has 1 aliphatic rings. The number of benzene rings is 1. The molecular formula is C14H19NO2. The average Bonchev–Trinajstić information content (AvgIpc) is 2.70. The number of aliphatic hydroxyl groups is 1. The van der Waals surface area contributed by atoms with Crippen LogP contribution in [0.3, 0.4) is 0 Å². The molecule has 92 valence electrons. The molecule has 2 atom stereocenters. The predicted octanol–water partition coefficient (Wildman–Crippen LogP) is 2.40. The Balaban J connectivity index is 2.05. The predicted molar refractivity (Wildman–Crippen MR) is 67.9 cm³/mol. The number of hydrogen-bond donors (Lipinski definition) is 2. The highest BCUT2D eigenvalue weighted by atomic mass is 16.3. The van der Waals surface area contributed by atoms with Gasteiger partial charge in [-0.2, -0.15) is 0 Å². The van der Waals surface area contributed by atoms with E-state index in [0.717, 1.165) is 30.5 Å². The van der Waals surface area contributed by atoms with Gasteiger partial charge in [-0.1, -0.05) is 6.07 Å². The number of hydrogen-bond acceptors (Lipinski definition) is 2. The van der Waals surface area contributed by atoms with Gasteiger partial charge >= 0.3 is 0 Å². The molecule has 1 saturated carbocycles. The van der Waals surface area contributed by atoms with Gasteiger partial charge in [0.1, 0.15) is 0 Å². The van der Waals surface area contributed by atoms with Gasteiger partial charge in [-0.05, 0) is 56.4 Å². The van der Waals surface area contributed by atoms with Crippen molar-refractivity contribution in [3.63, 3.8) is 0 Å². The maximum absolute atomic E-state index is 12.0. The van der Waals surface area contributed by atoms with Crippen LogP contribution in [0.4, 0.5) is 5.69 Å². The van der Waals surface area contributed by atoms with Crippen LogP contribution >= 0.6 is 0 Å². The fraction of sp³-hybridized carbons (Fsp3) is 0.500. The minimum absolute atomic E-state index is 0.0572. The van der Waals surface area contributed by atoms with Crippen molar-refractivity contribution in [2.75, 3.05) is 5.32 Å². The minimum atomic E-state index is -0.471. The fourth-order valence-electron chi connectivity index (χ4n) is 2.30. The van der Waals surface area contributed by atoms with Crippen molar-refractivity contribution < 1.29 is 9.90 Å². The van der Waals surface area contributed by atoms with Crippen LogP contribution < -0.4 is 5.32 Å². The second kappa shape index (κ2) is 4.88. The molecule has 3 heteroatoms. The van der Waals surface area contributed by atoms with E-state index < -0.39 is 6.10 Å². The molecule has 1 aliphatic carbocycles. The number of carbonyl (C=O) groups is 1. The van der Waals surface area contributed by atoms with Crippen molar-refractivity contribution in [2.24, 2.45) is 5.92 Å². The maximum atomic E-state index is 12.0. The zero-order valence-corrected chi connectivity index (χ0v) is 10.4. The lowest BCUT2D eigenvalue weighted by Crippen LogP contribution is -2.28. The summed E-state index contributed by atoms with van der Waals surface area (Å²) in [6, 6.07) is 5.87. The fourth-order valence-corrected chi connectivity index (χ4v) is 2.30. The van der Waals surface area contributed by atoms with Crippen LogP contribution in [-0.4, -0.2) is 17.1 Å². The van der Waals surface area contributed by atoms with Crippen LogP contribution in [0.1, 0.15) is 30.4 Å². The van der Waals surface area contributed by atoms with Crippen molar-refractivity contribution in [2.45, 2.75) is 39.2 Å². The highest BCUT2D eigenvalue weighted by Crippen LogP contribution is 2.27. The van der Waals surface area contributed by atoms with Crippen molar-refractivity contribution in [1.29, 1.82) is 0 Å². The first kappa shape index (κ1) is 12.1. The highest BCUT2D eigenvalue weighted by Gasteiger charge is 2.31. The molecule has 17 heavy (non-hydrogen) atoms. The number of aliphatic hydroxyl groups excluding tert-OH is 1. The normalized spacial score (nSPS) is 23.7. The minimum Gasteiger partial charge on any atom is -0.392 e. The van der Waals surface area contributed by atoms with Crippen molar-refractivity contribution >= 4 is 11.6 Å². The van der Waals surface area contributed by atoms with Gasteiger partial charge in [0.2, 0.25) is 5.91 Å². The Labute approximate surface area is 102 Å². The third-order valence-electron chi connectivity index (χ3n) is 3.59. The van der Waals surface area contributed by atoms with E-state index in [4.69, 9.17) is 0 Å². The standard InChI is InChI=1S/C14H19NO2/c1-9-6-7-11(8-10(9)2)15-14(17)12-4-3-5-13(12)16/h6-8,12-13,16H,3-5H2,1-2H3,(H,15,17). The summed E-state index contributed by atoms with van der Waals surface area (Å²) in [5.41, 5.74) is 3.19. The molecule has 0 aromatic heterocycles. The number of rotatable bonds is 2. The Morgan fingerprint density at radius 1 is 1.29 bits per heavy atom. The van der Waals surface area contributed by atoms with E-state index in [9.17, 15) is 9.90 Å². The van der Waals surface area contributed by atoms with E-state index >= 15 is 0 Å². The average molecular weight is 233 g/mol. The molecule has 1 amide bonds. The molecule has 2 rings (SSSR count). The Hall–Kier alpha value is -1.35. The van der Waals surface area contributed by atoms with Gasteiger partial charge in [-0.3, -0.25) is 4.79 Å². The van der Waals surface area contributed by atoms with E-state index in [-0.39, 0.29) is 11.8 Å². The molecular weight excluding hydrogens is 214 g/mol. The molecule has 1 aromatic rings. The summed E-state index contributed by atoms with van der Waals surface area (Å²) in [7, 11) is 0. The molecule has 0 spiro atoms. The van der Waals surface area contributed by atoms with E-state index in [0.29, 0.717) is 0 Å². The van der Waals surface area contributed by atoms with Gasteiger partial charge in [-0.15, -0.1) is 0 Å². The van der Waals surface area contributed by atoms with Gasteiger partial charge in [0.15, 0.2) is 0 Å². The molecule has 0 heterocycles. The molecule has 2 N–H and O–H groups in total. The lowest BCUT2D eigenvalue weighted by atomic mass is 10.0. The van der Waals surface area contributed by atoms with Crippen LogP contribution in [-0.2, 0) is 4.79 Å². The van der Waals surface area contributed by atoms with Gasteiger partial charge < -0.3 is 10.4 Å². The highest BCUT2D eigenvalue weighted by molar-refractivity contribution is 5.93. The van der Waals surface area contributed by atoms with E-state index in [1.165, 1.54) is 5.56 Å². The van der Waals surface area contributed by atoms with Crippen molar-refractivity contribution in [1.82, 2.24) is 0 Å². The number of carbonyl (C=O) groups excluding carboxylic acids is 1. The second-order valence-electron chi connectivity index (χ2n) is 4.89. The molecule has 0 radical (unpaired) electrons. The number of aryl methyl sites for hydroxylation is 2. The smallest absolute Gasteiger partial charge is 0.230 e. The Morgan fingerprint density at radius 2 is 2.06 bits per heavy atom. The number of anilines is 1. The molecule has 0 aliphatic heterocycles. The van der Waals surface area contributed by atoms with Gasteiger partial charge in [0.05, 0.1) is 12.0 Å². The van der Waals surface area contributed by atoms with Gasteiger partial charge in [-0.25, -0.2) is 0 Å². The lowest BCUT2D eigenvalue weighted by molar-refractivity contribution is -0.122. The SMILES string of the molecule is Cc1ccc(NC(=O)C2CCCC2O)cc1C. The van der Waals surface area contributed by atoms with Gasteiger partial charge in [0, 0.05) is 5.69 Å². The summed E-state index contributed by atoms with van der Waals surface area (Å²) in [5.74, 6) is -0.296. The first-order chi connectivity index (χ1) is 8.08. The largest absolute Gasteiger partial charge is 0.392 e. The van der Waals surface area contributed by atoms with Crippen molar-refractivity contribution in [3.8, 4) is 0 Å². The Kier molecular flexibility index (Phi) is 3.48. The van der Waals surface area contributed by atoms with Gasteiger partial charge in [0.25, 0.3) is 0 Å². The summed E-state index contributed by atoms with van der Waals surface area (Å²) < 4.78 is 0. The maximum Gasteiger partial charge on any atom is 0.230 e. The number of nitrogens with one attached hydrogen (secondary N) is 1.